The van der Waals surface area contributed by atoms with Crippen LogP contribution < -0.4 is 4.74 Å². The van der Waals surface area contributed by atoms with Crippen molar-refractivity contribution in [2.24, 2.45) is 0 Å². The second-order valence-corrected chi connectivity index (χ2v) is 6.70. The van der Waals surface area contributed by atoms with Crippen molar-refractivity contribution in [3.63, 3.8) is 0 Å². The molecule has 0 bridgehead atoms. The molecule has 0 fully saturated rings. The fourth-order valence-corrected chi connectivity index (χ4v) is 2.69. The Kier molecular flexibility index (Phi) is 6.74. The van der Waals surface area contributed by atoms with Gasteiger partial charge in [0.15, 0.2) is 0 Å². The number of halogens is 1. The van der Waals surface area contributed by atoms with E-state index in [1.807, 2.05) is 6.07 Å². The highest BCUT2D eigenvalue weighted by atomic mass is 79.9. The van der Waals surface area contributed by atoms with E-state index in [2.05, 4.69) is 15.9 Å². The third-order valence-corrected chi connectivity index (χ3v) is 4.24. The minimum absolute atomic E-state index is 0.0408. The van der Waals surface area contributed by atoms with Crippen molar-refractivity contribution in [3.8, 4) is 11.8 Å². The van der Waals surface area contributed by atoms with Gasteiger partial charge in [0.05, 0.1) is 10.0 Å². The molecule has 2 aromatic rings. The second-order valence-electron chi connectivity index (χ2n) is 5.85. The first-order valence-corrected chi connectivity index (χ1v) is 8.69. The summed E-state index contributed by atoms with van der Waals surface area (Å²) in [4.78, 5) is 24.1. The SMILES string of the molecule is CN(C)C(=O)/C(C#N)=C\c1ccc(OCc2ccc(C(=O)O)cc2)c(Br)c1. The number of ether oxygens (including phenoxy) is 1. The van der Waals surface area contributed by atoms with E-state index in [9.17, 15) is 9.59 Å². The Balaban J connectivity index is 2.11. The molecule has 0 aliphatic heterocycles. The first-order chi connectivity index (χ1) is 12.8. The zero-order chi connectivity index (χ0) is 20.0. The van der Waals surface area contributed by atoms with Gasteiger partial charge >= 0.3 is 5.97 Å². The van der Waals surface area contributed by atoms with Crippen LogP contribution >= 0.6 is 15.9 Å². The molecule has 2 rings (SSSR count). The average molecular weight is 429 g/mol. The lowest BCUT2D eigenvalue weighted by Crippen LogP contribution is -2.22. The maximum atomic E-state index is 11.9. The van der Waals surface area contributed by atoms with Crippen LogP contribution in [-0.4, -0.2) is 36.0 Å². The fourth-order valence-electron chi connectivity index (χ4n) is 2.18. The summed E-state index contributed by atoms with van der Waals surface area (Å²) < 4.78 is 6.41. The third-order valence-electron chi connectivity index (χ3n) is 3.62. The molecule has 0 heterocycles. The molecule has 0 aromatic heterocycles. The Labute approximate surface area is 165 Å². The molecule has 7 heteroatoms. The highest BCUT2D eigenvalue weighted by molar-refractivity contribution is 9.10. The van der Waals surface area contributed by atoms with Gasteiger partial charge in [0, 0.05) is 14.1 Å². The number of carbonyl (C=O) groups is 2. The van der Waals surface area contributed by atoms with Crippen molar-refractivity contribution in [2.45, 2.75) is 6.61 Å². The van der Waals surface area contributed by atoms with Crippen LogP contribution in [0.2, 0.25) is 0 Å². The van der Waals surface area contributed by atoms with Gasteiger partial charge in [-0.25, -0.2) is 4.79 Å². The number of aromatic carboxylic acids is 1. The van der Waals surface area contributed by atoms with Crippen LogP contribution in [0.1, 0.15) is 21.5 Å². The first kappa shape index (κ1) is 20.2. The van der Waals surface area contributed by atoms with Crippen LogP contribution in [0.25, 0.3) is 6.08 Å². The van der Waals surface area contributed by atoms with Crippen LogP contribution in [0, 0.1) is 11.3 Å². The Morgan fingerprint density at radius 3 is 2.41 bits per heavy atom. The Hall–Kier alpha value is -3.11. The number of benzene rings is 2. The monoisotopic (exact) mass is 428 g/mol. The summed E-state index contributed by atoms with van der Waals surface area (Å²) in [5.41, 5.74) is 1.78. The van der Waals surface area contributed by atoms with Crippen molar-refractivity contribution in [1.29, 1.82) is 5.26 Å². The van der Waals surface area contributed by atoms with Crippen molar-refractivity contribution < 1.29 is 19.4 Å². The van der Waals surface area contributed by atoms with E-state index in [1.54, 1.807) is 44.4 Å². The van der Waals surface area contributed by atoms with Gasteiger partial charge in [-0.05, 0) is 57.4 Å². The van der Waals surface area contributed by atoms with Crippen LogP contribution in [0.3, 0.4) is 0 Å². The number of likely N-dealkylation sites (N-methyl/N-ethyl adjacent to an activating group) is 1. The van der Waals surface area contributed by atoms with Crippen molar-refractivity contribution >= 4 is 33.9 Å². The lowest BCUT2D eigenvalue weighted by Gasteiger charge is -2.10. The van der Waals surface area contributed by atoms with Crippen LogP contribution in [0.4, 0.5) is 0 Å². The minimum atomic E-state index is -0.974. The topological polar surface area (TPSA) is 90.6 Å². The summed E-state index contributed by atoms with van der Waals surface area (Å²) in [5, 5.41) is 18.1. The molecule has 0 unspecified atom stereocenters. The molecule has 0 atom stereocenters. The zero-order valence-electron chi connectivity index (χ0n) is 14.8. The second kappa shape index (κ2) is 9.01. The molecule has 0 radical (unpaired) electrons. The number of nitrogens with zero attached hydrogens (tertiary/aromatic N) is 2. The molecule has 1 amide bonds. The number of amides is 1. The highest BCUT2D eigenvalue weighted by Gasteiger charge is 2.11. The van der Waals surface area contributed by atoms with Crippen LogP contribution in [0.15, 0.2) is 52.5 Å². The van der Waals surface area contributed by atoms with Crippen molar-refractivity contribution in [2.75, 3.05) is 14.1 Å². The molecule has 0 saturated heterocycles. The number of hydrogen-bond donors (Lipinski definition) is 1. The number of rotatable bonds is 6. The van der Waals surface area contributed by atoms with Crippen LogP contribution in [0.5, 0.6) is 5.75 Å². The van der Waals surface area contributed by atoms with Gasteiger partial charge in [-0.1, -0.05) is 18.2 Å². The van der Waals surface area contributed by atoms with Crippen LogP contribution in [-0.2, 0) is 11.4 Å². The maximum Gasteiger partial charge on any atom is 0.335 e. The van der Waals surface area contributed by atoms with Gasteiger partial charge in [-0.3, -0.25) is 4.79 Å². The predicted octanol–water partition coefficient (Wildman–Crippen LogP) is 3.72. The largest absolute Gasteiger partial charge is 0.488 e. The van der Waals surface area contributed by atoms with Gasteiger partial charge in [-0.2, -0.15) is 5.26 Å². The smallest absolute Gasteiger partial charge is 0.335 e. The molecule has 138 valence electrons. The lowest BCUT2D eigenvalue weighted by atomic mass is 10.1. The number of carbonyl (C=O) groups excluding carboxylic acids is 1. The van der Waals surface area contributed by atoms with E-state index < -0.39 is 5.97 Å². The number of carboxylic acids is 1. The van der Waals surface area contributed by atoms with Gasteiger partial charge < -0.3 is 14.7 Å². The molecular formula is C20H17BrN2O4. The summed E-state index contributed by atoms with van der Waals surface area (Å²) in [7, 11) is 3.17. The maximum absolute atomic E-state index is 11.9. The Morgan fingerprint density at radius 1 is 1.22 bits per heavy atom. The molecule has 0 spiro atoms. The van der Waals surface area contributed by atoms with E-state index in [0.717, 1.165) is 5.56 Å². The minimum Gasteiger partial charge on any atom is -0.488 e. The van der Waals surface area contributed by atoms with Gasteiger partial charge in [0.25, 0.3) is 5.91 Å². The van der Waals surface area contributed by atoms with Gasteiger partial charge in [0.1, 0.15) is 24.0 Å². The lowest BCUT2D eigenvalue weighted by molar-refractivity contribution is -0.124. The van der Waals surface area contributed by atoms with E-state index in [-0.39, 0.29) is 23.7 Å². The average Bonchev–Trinajstić information content (AvgIpc) is 2.65. The third kappa shape index (κ3) is 5.43. The number of nitriles is 1. The molecule has 2 aromatic carbocycles. The molecule has 6 nitrogen and oxygen atoms in total. The highest BCUT2D eigenvalue weighted by Crippen LogP contribution is 2.28. The normalized spacial score (nSPS) is 10.8. The molecule has 1 N–H and O–H groups in total. The summed E-state index contributed by atoms with van der Waals surface area (Å²) in [6.45, 7) is 0.274. The summed E-state index contributed by atoms with van der Waals surface area (Å²) in [6, 6.07) is 13.6. The number of carboxylic acid groups (broad SMARTS) is 1. The van der Waals surface area contributed by atoms with Gasteiger partial charge in [0.2, 0.25) is 0 Å². The molecule has 0 aliphatic rings. The molecule has 0 aliphatic carbocycles. The Morgan fingerprint density at radius 2 is 1.89 bits per heavy atom. The Bertz CT molecular complexity index is 928. The summed E-state index contributed by atoms with van der Waals surface area (Å²) >= 11 is 3.42. The van der Waals surface area contributed by atoms with E-state index >= 15 is 0 Å². The number of hydrogen-bond acceptors (Lipinski definition) is 4. The van der Waals surface area contributed by atoms with E-state index in [0.29, 0.717) is 15.8 Å². The van der Waals surface area contributed by atoms with E-state index in [4.69, 9.17) is 15.1 Å². The van der Waals surface area contributed by atoms with Crippen molar-refractivity contribution in [1.82, 2.24) is 4.90 Å². The van der Waals surface area contributed by atoms with Crippen molar-refractivity contribution in [3.05, 3.63) is 69.2 Å². The fraction of sp³-hybridized carbons (Fsp3) is 0.150. The molecule has 0 saturated carbocycles. The van der Waals surface area contributed by atoms with Gasteiger partial charge in [-0.15, -0.1) is 0 Å². The predicted molar refractivity (Wildman–Crippen MR) is 104 cm³/mol. The zero-order valence-corrected chi connectivity index (χ0v) is 16.4. The summed E-state index contributed by atoms with van der Waals surface area (Å²) in [6.07, 6.45) is 1.52. The summed E-state index contributed by atoms with van der Waals surface area (Å²) in [5.74, 6) is -0.746. The standard InChI is InChI=1S/C20H17BrN2O4/c1-23(2)19(24)16(11-22)9-14-5-8-18(17(21)10-14)27-12-13-3-6-15(7-4-13)20(25)26/h3-10H,12H2,1-2H3,(H,25,26)/b16-9-. The first-order valence-electron chi connectivity index (χ1n) is 7.90. The molecular weight excluding hydrogens is 412 g/mol. The quantitative estimate of drug-likeness (QED) is 0.559. The van der Waals surface area contributed by atoms with E-state index in [1.165, 1.54) is 23.1 Å². The molecule has 27 heavy (non-hydrogen) atoms.